The van der Waals surface area contributed by atoms with Crippen LogP contribution in [0.15, 0.2) is 48.5 Å². The molecule has 0 aliphatic carbocycles. The predicted octanol–water partition coefficient (Wildman–Crippen LogP) is 4.51. The molecule has 2 amide bonds. The lowest BCUT2D eigenvalue weighted by atomic mass is 10.0. The van der Waals surface area contributed by atoms with Crippen molar-refractivity contribution >= 4 is 29.1 Å². The molecule has 0 saturated carbocycles. The first-order chi connectivity index (χ1) is 14.5. The van der Waals surface area contributed by atoms with Crippen LogP contribution in [0.4, 0.5) is 5.69 Å². The van der Waals surface area contributed by atoms with Crippen LogP contribution in [-0.4, -0.2) is 37.5 Å². The van der Waals surface area contributed by atoms with Crippen LogP contribution in [0.3, 0.4) is 0 Å². The number of carbonyl (C=O) groups is 2. The summed E-state index contributed by atoms with van der Waals surface area (Å²) in [5.74, 6) is 0.361. The third-order valence-corrected chi connectivity index (χ3v) is 5.99. The van der Waals surface area contributed by atoms with Crippen LogP contribution in [0.2, 0.25) is 5.02 Å². The highest BCUT2D eigenvalue weighted by atomic mass is 35.5. The quantitative estimate of drug-likeness (QED) is 0.683. The summed E-state index contributed by atoms with van der Waals surface area (Å²) >= 11 is 5.89. The van der Waals surface area contributed by atoms with Gasteiger partial charge in [-0.05, 0) is 55.2 Å². The van der Waals surface area contributed by atoms with E-state index in [0.717, 1.165) is 38.0 Å². The van der Waals surface area contributed by atoms with E-state index in [4.69, 9.17) is 11.6 Å². The van der Waals surface area contributed by atoms with Crippen molar-refractivity contribution in [2.75, 3.05) is 24.5 Å². The van der Waals surface area contributed by atoms with Crippen molar-refractivity contribution in [3.63, 3.8) is 0 Å². The number of para-hydroxylation sites is 1. The molecule has 2 N–H and O–H groups in total. The molecule has 6 heteroatoms. The molecule has 0 aromatic heterocycles. The molecule has 1 aliphatic rings. The molecular formula is C24H30ClN3O2. The zero-order valence-corrected chi connectivity index (χ0v) is 18.4. The summed E-state index contributed by atoms with van der Waals surface area (Å²) in [5, 5.41) is 6.79. The van der Waals surface area contributed by atoms with Gasteiger partial charge in [0.25, 0.3) is 11.8 Å². The van der Waals surface area contributed by atoms with E-state index in [1.807, 2.05) is 24.3 Å². The maximum Gasteiger partial charge on any atom is 0.253 e. The molecule has 1 unspecified atom stereocenters. The summed E-state index contributed by atoms with van der Waals surface area (Å²) < 4.78 is 0. The number of nitrogens with zero attached hydrogens (tertiary/aromatic N) is 1. The first-order valence-electron chi connectivity index (χ1n) is 10.7. The van der Waals surface area contributed by atoms with Gasteiger partial charge in [-0.25, -0.2) is 0 Å². The highest BCUT2D eigenvalue weighted by Gasteiger charge is 2.24. The minimum atomic E-state index is -0.0741. The van der Waals surface area contributed by atoms with Crippen molar-refractivity contribution < 1.29 is 9.59 Å². The molecule has 1 fully saturated rings. The number of anilines is 1. The standard InChI is InChI=1S/C24H30ClN3O2/c1-3-17(2)16-26-24(30)21-6-4-5-7-22(21)28-14-12-20(13-15-28)27-23(29)18-8-10-19(25)11-9-18/h4-11,17,20H,3,12-16H2,1-2H3,(H,26,30)(H,27,29). The van der Waals surface area contributed by atoms with Gasteiger partial charge >= 0.3 is 0 Å². The molecular weight excluding hydrogens is 398 g/mol. The second kappa shape index (κ2) is 10.5. The Hall–Kier alpha value is -2.53. The molecule has 1 atom stereocenters. The average Bonchev–Trinajstić information content (AvgIpc) is 2.78. The van der Waals surface area contributed by atoms with Crippen LogP contribution in [0.25, 0.3) is 0 Å². The highest BCUT2D eigenvalue weighted by Crippen LogP contribution is 2.24. The zero-order chi connectivity index (χ0) is 21.5. The Bertz CT molecular complexity index is 861. The number of amides is 2. The van der Waals surface area contributed by atoms with Crippen molar-refractivity contribution in [1.29, 1.82) is 0 Å². The van der Waals surface area contributed by atoms with Crippen molar-refractivity contribution in [2.45, 2.75) is 39.2 Å². The maximum absolute atomic E-state index is 12.7. The largest absolute Gasteiger partial charge is 0.371 e. The fraction of sp³-hybridized carbons (Fsp3) is 0.417. The number of piperidine rings is 1. The van der Waals surface area contributed by atoms with Gasteiger partial charge in [0.15, 0.2) is 0 Å². The van der Waals surface area contributed by atoms with E-state index in [9.17, 15) is 9.59 Å². The van der Waals surface area contributed by atoms with Crippen molar-refractivity contribution in [1.82, 2.24) is 10.6 Å². The predicted molar refractivity (Wildman–Crippen MR) is 122 cm³/mol. The summed E-state index contributed by atoms with van der Waals surface area (Å²) in [4.78, 5) is 27.4. The van der Waals surface area contributed by atoms with Gasteiger partial charge < -0.3 is 15.5 Å². The minimum Gasteiger partial charge on any atom is -0.371 e. The zero-order valence-electron chi connectivity index (χ0n) is 17.7. The first-order valence-corrected chi connectivity index (χ1v) is 11.0. The second-order valence-electron chi connectivity index (χ2n) is 7.98. The van der Waals surface area contributed by atoms with E-state index >= 15 is 0 Å². The fourth-order valence-electron chi connectivity index (χ4n) is 3.58. The summed E-state index contributed by atoms with van der Waals surface area (Å²) in [6, 6.07) is 14.8. The number of halogens is 1. The molecule has 0 bridgehead atoms. The van der Waals surface area contributed by atoms with Crippen molar-refractivity contribution in [2.24, 2.45) is 5.92 Å². The molecule has 2 aromatic rings. The number of carbonyl (C=O) groups excluding carboxylic acids is 2. The fourth-order valence-corrected chi connectivity index (χ4v) is 3.71. The van der Waals surface area contributed by atoms with Gasteiger partial charge in [-0.1, -0.05) is 44.0 Å². The summed E-state index contributed by atoms with van der Waals surface area (Å²) in [6.45, 7) is 6.53. The lowest BCUT2D eigenvalue weighted by Crippen LogP contribution is -2.45. The Morgan fingerprint density at radius 2 is 1.73 bits per heavy atom. The van der Waals surface area contributed by atoms with E-state index < -0.39 is 0 Å². The number of hydrogen-bond acceptors (Lipinski definition) is 3. The third kappa shape index (κ3) is 5.76. The Morgan fingerprint density at radius 3 is 2.40 bits per heavy atom. The van der Waals surface area contributed by atoms with Crippen LogP contribution in [0.1, 0.15) is 53.8 Å². The van der Waals surface area contributed by atoms with Crippen molar-refractivity contribution in [3.05, 3.63) is 64.7 Å². The summed E-state index contributed by atoms with van der Waals surface area (Å²) in [6.07, 6.45) is 2.71. The monoisotopic (exact) mass is 427 g/mol. The Morgan fingerprint density at radius 1 is 1.07 bits per heavy atom. The van der Waals surface area contributed by atoms with E-state index in [2.05, 4.69) is 29.4 Å². The Kier molecular flexibility index (Phi) is 7.75. The molecule has 160 valence electrons. The molecule has 1 saturated heterocycles. The van der Waals surface area contributed by atoms with E-state index in [0.29, 0.717) is 28.6 Å². The minimum absolute atomic E-state index is 0.0240. The van der Waals surface area contributed by atoms with Crippen LogP contribution in [-0.2, 0) is 0 Å². The number of rotatable bonds is 7. The lowest BCUT2D eigenvalue weighted by molar-refractivity contribution is 0.0929. The van der Waals surface area contributed by atoms with Gasteiger partial charge in [0, 0.05) is 41.9 Å². The number of benzene rings is 2. The molecule has 0 radical (unpaired) electrons. The maximum atomic E-state index is 12.7. The van der Waals surface area contributed by atoms with Gasteiger partial charge in [0.05, 0.1) is 5.56 Å². The topological polar surface area (TPSA) is 61.4 Å². The van der Waals surface area contributed by atoms with E-state index in [1.54, 1.807) is 24.3 Å². The lowest BCUT2D eigenvalue weighted by Gasteiger charge is -2.35. The smallest absolute Gasteiger partial charge is 0.253 e. The first kappa shape index (κ1) is 22.2. The second-order valence-corrected chi connectivity index (χ2v) is 8.42. The average molecular weight is 428 g/mol. The Balaban J connectivity index is 1.58. The molecule has 2 aromatic carbocycles. The molecule has 0 spiro atoms. The van der Waals surface area contributed by atoms with E-state index in [1.165, 1.54) is 0 Å². The third-order valence-electron chi connectivity index (χ3n) is 5.73. The van der Waals surface area contributed by atoms with Gasteiger partial charge in [0.1, 0.15) is 0 Å². The summed E-state index contributed by atoms with van der Waals surface area (Å²) in [5.41, 5.74) is 2.29. The normalized spacial score (nSPS) is 15.5. The van der Waals surface area contributed by atoms with Crippen LogP contribution in [0, 0.1) is 5.92 Å². The molecule has 30 heavy (non-hydrogen) atoms. The molecule has 5 nitrogen and oxygen atoms in total. The number of hydrogen-bond donors (Lipinski definition) is 2. The van der Waals surface area contributed by atoms with Gasteiger partial charge in [-0.3, -0.25) is 9.59 Å². The van der Waals surface area contributed by atoms with E-state index in [-0.39, 0.29) is 17.9 Å². The number of nitrogens with one attached hydrogen (secondary N) is 2. The van der Waals surface area contributed by atoms with Gasteiger partial charge in [0.2, 0.25) is 0 Å². The van der Waals surface area contributed by atoms with Gasteiger partial charge in [-0.2, -0.15) is 0 Å². The van der Waals surface area contributed by atoms with Crippen LogP contribution < -0.4 is 15.5 Å². The molecule has 3 rings (SSSR count). The summed E-state index contributed by atoms with van der Waals surface area (Å²) in [7, 11) is 0. The van der Waals surface area contributed by atoms with Crippen LogP contribution >= 0.6 is 11.6 Å². The molecule has 1 heterocycles. The molecule has 1 aliphatic heterocycles. The SMILES string of the molecule is CCC(C)CNC(=O)c1ccccc1N1CCC(NC(=O)c2ccc(Cl)cc2)CC1. The van der Waals surface area contributed by atoms with Crippen molar-refractivity contribution in [3.8, 4) is 0 Å². The Labute approximate surface area is 183 Å². The highest BCUT2D eigenvalue weighted by molar-refractivity contribution is 6.30. The van der Waals surface area contributed by atoms with Gasteiger partial charge in [-0.15, -0.1) is 0 Å². The van der Waals surface area contributed by atoms with Crippen LogP contribution in [0.5, 0.6) is 0 Å².